The summed E-state index contributed by atoms with van der Waals surface area (Å²) in [5.74, 6) is 0.182. The Morgan fingerprint density at radius 3 is 2.39 bits per heavy atom. The van der Waals surface area contributed by atoms with Crippen LogP contribution >= 0.6 is 11.8 Å². The third-order valence-electron chi connectivity index (χ3n) is 4.91. The molecule has 1 aromatic rings. The number of benzene rings is 1. The zero-order valence-electron chi connectivity index (χ0n) is 15.1. The van der Waals surface area contributed by atoms with E-state index in [0.717, 1.165) is 11.3 Å². The molecule has 0 saturated heterocycles. The minimum atomic E-state index is -1.84. The Kier molecular flexibility index (Phi) is 5.29. The van der Waals surface area contributed by atoms with Crippen molar-refractivity contribution in [1.29, 1.82) is 0 Å². The molecule has 0 unspecified atom stereocenters. The van der Waals surface area contributed by atoms with Gasteiger partial charge in [-0.15, -0.1) is 11.8 Å². The van der Waals surface area contributed by atoms with E-state index in [1.807, 2.05) is 31.2 Å². The molecule has 0 amide bonds. The van der Waals surface area contributed by atoms with Crippen LogP contribution in [0, 0.1) is 0 Å². The molecule has 0 radical (unpaired) electrons. The van der Waals surface area contributed by atoms with Crippen LogP contribution in [0.5, 0.6) is 0 Å². The van der Waals surface area contributed by atoms with Gasteiger partial charge in [-0.1, -0.05) is 45.0 Å². The van der Waals surface area contributed by atoms with Crippen LogP contribution in [0.2, 0.25) is 18.1 Å². The van der Waals surface area contributed by atoms with Crippen molar-refractivity contribution in [2.45, 2.75) is 68.0 Å². The molecule has 2 nitrogen and oxygen atoms in total. The molecule has 0 spiro atoms. The van der Waals surface area contributed by atoms with Crippen LogP contribution in [0.1, 0.15) is 34.1 Å². The largest absolute Gasteiger partial charge is 0.410 e. The van der Waals surface area contributed by atoms with E-state index in [1.165, 1.54) is 0 Å². The Morgan fingerprint density at radius 2 is 1.83 bits per heavy atom. The molecule has 0 fully saturated rings. The van der Waals surface area contributed by atoms with Gasteiger partial charge in [0.05, 0.1) is 10.9 Å². The fourth-order valence-electron chi connectivity index (χ4n) is 2.40. The van der Waals surface area contributed by atoms with Crippen molar-refractivity contribution < 1.29 is 9.22 Å². The van der Waals surface area contributed by atoms with E-state index >= 15 is 0 Å². The fraction of sp³-hybridized carbons (Fsp3) is 0.526. The highest BCUT2D eigenvalue weighted by Gasteiger charge is 2.43. The summed E-state index contributed by atoms with van der Waals surface area (Å²) in [5, 5.41) is 0.172. The molecule has 23 heavy (non-hydrogen) atoms. The molecule has 126 valence electrons. The SMILES string of the molecule is CC(C)(C)[Si](C)(C)O[C@@H]1C=CC(=O)[C@](C)(Sc2ccccc2)C1. The van der Waals surface area contributed by atoms with Gasteiger partial charge in [-0.3, -0.25) is 4.79 Å². The zero-order valence-corrected chi connectivity index (χ0v) is 16.9. The highest BCUT2D eigenvalue weighted by atomic mass is 32.2. The number of carbonyl (C=O) groups excluding carboxylic acids is 1. The summed E-state index contributed by atoms with van der Waals surface area (Å²) < 4.78 is 6.06. The van der Waals surface area contributed by atoms with Crippen molar-refractivity contribution in [1.82, 2.24) is 0 Å². The first-order chi connectivity index (χ1) is 10.5. The third kappa shape index (κ3) is 4.37. The second-order valence-electron chi connectivity index (χ2n) is 7.99. The van der Waals surface area contributed by atoms with Crippen molar-refractivity contribution in [3.05, 3.63) is 42.5 Å². The number of hydrogen-bond acceptors (Lipinski definition) is 3. The van der Waals surface area contributed by atoms with Crippen LogP contribution < -0.4 is 0 Å². The van der Waals surface area contributed by atoms with E-state index in [2.05, 4.69) is 46.0 Å². The van der Waals surface area contributed by atoms with Crippen molar-refractivity contribution in [3.8, 4) is 0 Å². The second kappa shape index (κ2) is 6.58. The zero-order chi connectivity index (χ0) is 17.3. The van der Waals surface area contributed by atoms with E-state index in [-0.39, 0.29) is 16.9 Å². The van der Waals surface area contributed by atoms with Crippen LogP contribution in [-0.4, -0.2) is 25.0 Å². The highest BCUT2D eigenvalue weighted by molar-refractivity contribution is 8.01. The van der Waals surface area contributed by atoms with Crippen molar-refractivity contribution in [2.75, 3.05) is 0 Å². The Hall–Kier alpha value is -0.843. The molecule has 0 saturated carbocycles. The van der Waals surface area contributed by atoms with E-state index in [4.69, 9.17) is 4.43 Å². The van der Waals surface area contributed by atoms with Gasteiger partial charge in [-0.2, -0.15) is 0 Å². The van der Waals surface area contributed by atoms with Gasteiger partial charge in [-0.05, 0) is 49.7 Å². The average Bonchev–Trinajstić information content (AvgIpc) is 2.42. The Balaban J connectivity index is 2.15. The minimum Gasteiger partial charge on any atom is -0.410 e. The predicted octanol–water partition coefficient (Wildman–Crippen LogP) is 5.46. The van der Waals surface area contributed by atoms with E-state index < -0.39 is 13.1 Å². The Labute approximate surface area is 145 Å². The summed E-state index contributed by atoms with van der Waals surface area (Å²) in [6.07, 6.45) is 4.43. The number of hydrogen-bond donors (Lipinski definition) is 0. The normalized spacial score (nSPS) is 25.7. The summed E-state index contributed by atoms with van der Waals surface area (Å²) in [5.41, 5.74) is 0. The molecule has 0 bridgehead atoms. The lowest BCUT2D eigenvalue weighted by atomic mass is 9.92. The lowest BCUT2D eigenvalue weighted by molar-refractivity contribution is -0.117. The molecule has 1 aliphatic rings. The van der Waals surface area contributed by atoms with Crippen molar-refractivity contribution in [2.24, 2.45) is 0 Å². The topological polar surface area (TPSA) is 26.3 Å². The molecule has 2 rings (SSSR count). The Bertz CT molecular complexity index is 589. The first-order valence-corrected chi connectivity index (χ1v) is 11.9. The lowest BCUT2D eigenvalue weighted by Crippen LogP contribution is -2.47. The molecule has 0 aliphatic heterocycles. The summed E-state index contributed by atoms with van der Waals surface area (Å²) in [6, 6.07) is 10.1. The van der Waals surface area contributed by atoms with Crippen LogP contribution in [0.3, 0.4) is 0 Å². The van der Waals surface area contributed by atoms with Gasteiger partial charge in [-0.25, -0.2) is 0 Å². The van der Waals surface area contributed by atoms with Gasteiger partial charge in [0.2, 0.25) is 0 Å². The van der Waals surface area contributed by atoms with Crippen LogP contribution in [-0.2, 0) is 9.22 Å². The maximum Gasteiger partial charge on any atom is 0.192 e. The monoisotopic (exact) mass is 348 g/mol. The van der Waals surface area contributed by atoms with Crippen LogP contribution in [0.15, 0.2) is 47.4 Å². The summed E-state index contributed by atoms with van der Waals surface area (Å²) in [4.78, 5) is 13.6. The molecule has 0 N–H and O–H groups in total. The van der Waals surface area contributed by atoms with E-state index in [9.17, 15) is 4.79 Å². The maximum absolute atomic E-state index is 12.5. The standard InChI is InChI=1S/C19H28O2SSi/c1-18(2,3)23(5,6)21-15-12-13-17(20)19(4,14-15)22-16-10-8-7-9-11-16/h7-13,15H,14H2,1-6H3/t15-,19-/m1/s1. The minimum absolute atomic E-state index is 0.0230. The fourth-order valence-corrected chi connectivity index (χ4v) is 4.90. The average molecular weight is 349 g/mol. The molecule has 4 heteroatoms. The number of thioether (sulfide) groups is 1. The van der Waals surface area contributed by atoms with Gasteiger partial charge in [0.25, 0.3) is 0 Å². The van der Waals surface area contributed by atoms with Crippen molar-refractivity contribution >= 4 is 25.9 Å². The van der Waals surface area contributed by atoms with Gasteiger partial charge in [0, 0.05) is 4.90 Å². The highest BCUT2D eigenvalue weighted by Crippen LogP contribution is 2.43. The number of ketones is 1. The second-order valence-corrected chi connectivity index (χ2v) is 14.3. The summed E-state index contributed by atoms with van der Waals surface area (Å²) >= 11 is 1.65. The van der Waals surface area contributed by atoms with Crippen molar-refractivity contribution in [3.63, 3.8) is 0 Å². The molecular weight excluding hydrogens is 320 g/mol. The summed E-state index contributed by atoms with van der Waals surface area (Å²) in [7, 11) is -1.84. The first-order valence-electron chi connectivity index (χ1n) is 8.18. The molecule has 2 atom stereocenters. The van der Waals surface area contributed by atoms with E-state index in [1.54, 1.807) is 17.8 Å². The molecule has 0 aromatic heterocycles. The smallest absolute Gasteiger partial charge is 0.192 e. The number of carbonyl (C=O) groups is 1. The number of rotatable bonds is 4. The van der Waals surface area contributed by atoms with Gasteiger partial charge < -0.3 is 4.43 Å². The molecule has 0 heterocycles. The third-order valence-corrected chi connectivity index (χ3v) is 10.7. The first kappa shape index (κ1) is 18.5. The van der Waals surface area contributed by atoms with Gasteiger partial charge in [0.1, 0.15) is 0 Å². The molecular formula is C19H28O2SSi. The molecule has 1 aromatic carbocycles. The predicted molar refractivity (Wildman–Crippen MR) is 102 cm³/mol. The van der Waals surface area contributed by atoms with E-state index in [0.29, 0.717) is 0 Å². The number of allylic oxidation sites excluding steroid dienone is 1. The Morgan fingerprint density at radius 1 is 1.22 bits per heavy atom. The van der Waals surface area contributed by atoms with Gasteiger partial charge in [0.15, 0.2) is 14.1 Å². The quantitative estimate of drug-likeness (QED) is 0.676. The van der Waals surface area contributed by atoms with Crippen LogP contribution in [0.4, 0.5) is 0 Å². The molecule has 1 aliphatic carbocycles. The van der Waals surface area contributed by atoms with Gasteiger partial charge >= 0.3 is 0 Å². The lowest BCUT2D eigenvalue weighted by Gasteiger charge is -2.41. The summed E-state index contributed by atoms with van der Waals surface area (Å²) in [6.45, 7) is 13.3. The van der Waals surface area contributed by atoms with Crippen LogP contribution in [0.25, 0.3) is 0 Å². The maximum atomic E-state index is 12.5.